The second kappa shape index (κ2) is 5.49. The average molecular weight is 251 g/mol. The van der Waals surface area contributed by atoms with Gasteiger partial charge in [-0.2, -0.15) is 0 Å². The Morgan fingerprint density at radius 1 is 1.18 bits per heavy atom. The van der Waals surface area contributed by atoms with Crippen molar-refractivity contribution in [3.05, 3.63) is 29.3 Å². The number of aromatic nitrogens is 2. The molecule has 0 aliphatic heterocycles. The maximum Gasteiger partial charge on any atom is 0.205 e. The molecule has 2 aromatic rings. The van der Waals surface area contributed by atoms with Crippen LogP contribution in [0.5, 0.6) is 11.5 Å². The highest BCUT2D eigenvalue weighted by atomic mass is 32.1. The highest BCUT2D eigenvalue weighted by molar-refractivity contribution is 7.13. The zero-order valence-corrected chi connectivity index (χ0v) is 10.5. The van der Waals surface area contributed by atoms with E-state index in [0.717, 1.165) is 22.2 Å². The molecule has 5 nitrogen and oxygen atoms in total. The fraction of sp³-hybridized carbons (Fsp3) is 0.273. The Bertz CT molecular complexity index is 451. The van der Waals surface area contributed by atoms with E-state index in [2.05, 4.69) is 15.5 Å². The van der Waals surface area contributed by atoms with Gasteiger partial charge in [-0.25, -0.2) is 0 Å². The van der Waals surface area contributed by atoms with E-state index in [-0.39, 0.29) is 0 Å². The molecule has 0 radical (unpaired) electrons. The Labute approximate surface area is 103 Å². The van der Waals surface area contributed by atoms with Gasteiger partial charge in [-0.1, -0.05) is 11.3 Å². The molecule has 1 aromatic heterocycles. The second-order valence-electron chi connectivity index (χ2n) is 3.32. The number of anilines is 1. The van der Waals surface area contributed by atoms with Crippen LogP contribution in [0.2, 0.25) is 0 Å². The van der Waals surface area contributed by atoms with Crippen LogP contribution in [0.3, 0.4) is 0 Å². The molecule has 0 bridgehead atoms. The molecule has 0 saturated heterocycles. The number of hydrogen-bond acceptors (Lipinski definition) is 6. The first kappa shape index (κ1) is 11.7. The predicted octanol–water partition coefficient (Wildman–Crippen LogP) is 2.17. The largest absolute Gasteiger partial charge is 0.497 e. The molecule has 1 N–H and O–H groups in total. The van der Waals surface area contributed by atoms with E-state index in [9.17, 15) is 0 Å². The van der Waals surface area contributed by atoms with Crippen molar-refractivity contribution < 1.29 is 9.47 Å². The molecule has 1 aromatic carbocycles. The van der Waals surface area contributed by atoms with Crippen molar-refractivity contribution in [2.24, 2.45) is 0 Å². The van der Waals surface area contributed by atoms with Crippen molar-refractivity contribution >= 4 is 16.5 Å². The summed E-state index contributed by atoms with van der Waals surface area (Å²) in [5, 5.41) is 11.6. The molecule has 17 heavy (non-hydrogen) atoms. The monoisotopic (exact) mass is 251 g/mol. The maximum absolute atomic E-state index is 5.20. The van der Waals surface area contributed by atoms with Crippen LogP contribution < -0.4 is 14.8 Å². The molecule has 0 fully saturated rings. The van der Waals surface area contributed by atoms with Gasteiger partial charge >= 0.3 is 0 Å². The Morgan fingerprint density at radius 2 is 1.88 bits per heavy atom. The standard InChI is InChI=1S/C11H13N3O2S/c1-15-9-3-8(4-10(5-9)16-2)6-12-11-14-13-7-17-11/h3-5,7H,6H2,1-2H3,(H,12,14). The summed E-state index contributed by atoms with van der Waals surface area (Å²) in [6, 6.07) is 5.75. The van der Waals surface area contributed by atoms with Crippen molar-refractivity contribution in [2.45, 2.75) is 6.54 Å². The van der Waals surface area contributed by atoms with Gasteiger partial charge in [0.05, 0.1) is 14.2 Å². The second-order valence-corrected chi connectivity index (χ2v) is 4.15. The number of hydrogen-bond donors (Lipinski definition) is 1. The summed E-state index contributed by atoms with van der Waals surface area (Å²) in [4.78, 5) is 0. The van der Waals surface area contributed by atoms with Gasteiger partial charge in [0.25, 0.3) is 0 Å². The van der Waals surface area contributed by atoms with Gasteiger partial charge in [0.15, 0.2) is 0 Å². The van der Waals surface area contributed by atoms with Crippen LogP contribution in [-0.4, -0.2) is 24.4 Å². The minimum atomic E-state index is 0.656. The van der Waals surface area contributed by atoms with E-state index >= 15 is 0 Å². The highest BCUT2D eigenvalue weighted by Crippen LogP contribution is 2.23. The fourth-order valence-electron chi connectivity index (χ4n) is 1.40. The highest BCUT2D eigenvalue weighted by Gasteiger charge is 2.02. The average Bonchev–Trinajstić information content (AvgIpc) is 2.89. The molecule has 0 aliphatic carbocycles. The Kier molecular flexibility index (Phi) is 3.77. The van der Waals surface area contributed by atoms with Crippen LogP contribution in [0.4, 0.5) is 5.13 Å². The molecule has 0 unspecified atom stereocenters. The van der Waals surface area contributed by atoms with Gasteiger partial charge in [0.1, 0.15) is 17.0 Å². The summed E-state index contributed by atoms with van der Waals surface area (Å²) in [5.74, 6) is 1.55. The summed E-state index contributed by atoms with van der Waals surface area (Å²) in [6.07, 6.45) is 0. The van der Waals surface area contributed by atoms with Gasteiger partial charge in [-0.05, 0) is 17.7 Å². The topological polar surface area (TPSA) is 56.3 Å². The first-order valence-electron chi connectivity index (χ1n) is 5.04. The Morgan fingerprint density at radius 3 is 2.41 bits per heavy atom. The number of benzene rings is 1. The molecule has 0 aliphatic rings. The molecule has 1 heterocycles. The third-order valence-electron chi connectivity index (χ3n) is 2.22. The number of rotatable bonds is 5. The first-order valence-corrected chi connectivity index (χ1v) is 5.92. The number of methoxy groups -OCH3 is 2. The van der Waals surface area contributed by atoms with Crippen LogP contribution >= 0.6 is 11.3 Å². The van der Waals surface area contributed by atoms with Gasteiger partial charge < -0.3 is 14.8 Å². The number of nitrogens with one attached hydrogen (secondary N) is 1. The fourth-order valence-corrected chi connectivity index (χ4v) is 1.84. The lowest BCUT2D eigenvalue weighted by atomic mass is 10.2. The predicted molar refractivity (Wildman–Crippen MR) is 66.8 cm³/mol. The van der Waals surface area contributed by atoms with Gasteiger partial charge in [0, 0.05) is 12.6 Å². The molecule has 2 rings (SSSR count). The lowest BCUT2D eigenvalue weighted by molar-refractivity contribution is 0.393. The summed E-state index contributed by atoms with van der Waals surface area (Å²) in [5.41, 5.74) is 2.76. The normalized spacial score (nSPS) is 10.0. The third-order valence-corrected chi connectivity index (χ3v) is 2.86. The van der Waals surface area contributed by atoms with Gasteiger partial charge in [-0.15, -0.1) is 10.2 Å². The van der Waals surface area contributed by atoms with Crippen LogP contribution in [-0.2, 0) is 6.54 Å². The van der Waals surface area contributed by atoms with E-state index in [1.165, 1.54) is 11.3 Å². The van der Waals surface area contributed by atoms with Crippen molar-refractivity contribution in [3.63, 3.8) is 0 Å². The minimum absolute atomic E-state index is 0.656. The Balaban J connectivity index is 2.09. The summed E-state index contributed by atoms with van der Waals surface area (Å²) in [7, 11) is 3.27. The number of nitrogens with zero attached hydrogens (tertiary/aromatic N) is 2. The molecule has 0 saturated carbocycles. The third kappa shape index (κ3) is 3.07. The van der Waals surface area contributed by atoms with Crippen molar-refractivity contribution in [2.75, 3.05) is 19.5 Å². The SMILES string of the molecule is COc1cc(CNc2nncs2)cc(OC)c1. The van der Waals surface area contributed by atoms with Crippen molar-refractivity contribution in [1.29, 1.82) is 0 Å². The molecule has 0 amide bonds. The molecule has 6 heteroatoms. The van der Waals surface area contributed by atoms with E-state index in [1.54, 1.807) is 19.7 Å². The zero-order valence-electron chi connectivity index (χ0n) is 9.64. The molecular weight excluding hydrogens is 238 g/mol. The molecule has 0 atom stereocenters. The van der Waals surface area contributed by atoms with Crippen molar-refractivity contribution in [3.8, 4) is 11.5 Å². The lowest BCUT2D eigenvalue weighted by Crippen LogP contribution is -2.00. The lowest BCUT2D eigenvalue weighted by Gasteiger charge is -2.08. The van der Waals surface area contributed by atoms with Crippen LogP contribution in [0, 0.1) is 0 Å². The van der Waals surface area contributed by atoms with E-state index in [4.69, 9.17) is 9.47 Å². The summed E-state index contributed by atoms with van der Waals surface area (Å²) >= 11 is 1.47. The zero-order chi connectivity index (χ0) is 12.1. The van der Waals surface area contributed by atoms with Crippen LogP contribution in [0.15, 0.2) is 23.7 Å². The summed E-state index contributed by atoms with van der Waals surface area (Å²) in [6.45, 7) is 0.656. The maximum atomic E-state index is 5.20. The number of ether oxygens (including phenoxy) is 2. The minimum Gasteiger partial charge on any atom is -0.497 e. The quantitative estimate of drug-likeness (QED) is 0.882. The first-order chi connectivity index (χ1) is 8.31. The van der Waals surface area contributed by atoms with Crippen LogP contribution in [0.1, 0.15) is 5.56 Å². The smallest absolute Gasteiger partial charge is 0.205 e. The van der Waals surface area contributed by atoms with E-state index in [0.29, 0.717) is 6.54 Å². The van der Waals surface area contributed by atoms with E-state index in [1.807, 2.05) is 18.2 Å². The molecule has 0 spiro atoms. The van der Waals surface area contributed by atoms with Gasteiger partial charge in [0.2, 0.25) is 5.13 Å². The van der Waals surface area contributed by atoms with E-state index < -0.39 is 0 Å². The summed E-state index contributed by atoms with van der Waals surface area (Å²) < 4.78 is 10.4. The van der Waals surface area contributed by atoms with Gasteiger partial charge in [-0.3, -0.25) is 0 Å². The Hall–Kier alpha value is -1.82. The van der Waals surface area contributed by atoms with Crippen LogP contribution in [0.25, 0.3) is 0 Å². The molecule has 90 valence electrons. The molecular formula is C11H13N3O2S. The van der Waals surface area contributed by atoms with Crippen molar-refractivity contribution in [1.82, 2.24) is 10.2 Å².